The predicted molar refractivity (Wildman–Crippen MR) is 215 cm³/mol. The molecule has 4 N–H and O–H groups in total. The van der Waals surface area contributed by atoms with Crippen molar-refractivity contribution in [2.75, 3.05) is 49.4 Å². The SMILES string of the molecule is COC(=O)c1noc2c1C(=O)C(SCCCCNC(=O)Nc1ccccc1)=CC2=O.COC(=O)c1noc2c1C(=O)C(SCCCNC(=O)Nc1ccccc1)=CC2=O. The van der Waals surface area contributed by atoms with Crippen molar-refractivity contribution >= 4 is 82.0 Å². The van der Waals surface area contributed by atoms with Crippen molar-refractivity contribution in [2.45, 2.75) is 19.3 Å². The van der Waals surface area contributed by atoms with Gasteiger partial charge in [-0.2, -0.15) is 0 Å². The number of carbonyl (C=O) groups excluding carboxylic acids is 8. The summed E-state index contributed by atoms with van der Waals surface area (Å²) in [5.41, 5.74) is 0.444. The van der Waals surface area contributed by atoms with Crippen LogP contribution in [0.25, 0.3) is 0 Å². The minimum atomic E-state index is -0.851. The van der Waals surface area contributed by atoms with Crippen LogP contribution in [-0.2, 0) is 9.47 Å². The van der Waals surface area contributed by atoms with E-state index in [0.29, 0.717) is 55.2 Å². The predicted octanol–water partition coefficient (Wildman–Crippen LogP) is 5.73. The van der Waals surface area contributed by atoms with Gasteiger partial charge in [0.2, 0.25) is 46.0 Å². The zero-order valence-corrected chi connectivity index (χ0v) is 33.1. The third-order valence-corrected chi connectivity index (χ3v) is 10.3. The van der Waals surface area contributed by atoms with Crippen LogP contribution in [0.15, 0.2) is 91.7 Å². The van der Waals surface area contributed by atoms with Crippen LogP contribution in [0.1, 0.15) is 82.1 Å². The Morgan fingerprint density at radius 1 is 0.593 bits per heavy atom. The number of hydrogen-bond donors (Lipinski definition) is 4. The Labute approximate surface area is 344 Å². The highest BCUT2D eigenvalue weighted by Gasteiger charge is 2.37. The Kier molecular flexibility index (Phi) is 15.5. The second-order valence-electron chi connectivity index (χ2n) is 12.1. The molecule has 2 aromatic carbocycles. The van der Waals surface area contributed by atoms with Crippen molar-refractivity contribution in [3.8, 4) is 0 Å². The van der Waals surface area contributed by atoms with Gasteiger partial charge in [-0.3, -0.25) is 19.2 Å². The highest BCUT2D eigenvalue weighted by atomic mass is 32.2. The van der Waals surface area contributed by atoms with Crippen LogP contribution in [0.4, 0.5) is 21.0 Å². The Morgan fingerprint density at radius 3 is 1.42 bits per heavy atom. The average Bonchev–Trinajstić information content (AvgIpc) is 3.90. The van der Waals surface area contributed by atoms with Gasteiger partial charge >= 0.3 is 24.0 Å². The van der Waals surface area contributed by atoms with Gasteiger partial charge in [0.25, 0.3) is 0 Å². The fourth-order valence-corrected chi connectivity index (χ4v) is 7.16. The van der Waals surface area contributed by atoms with Gasteiger partial charge in [0, 0.05) is 36.6 Å². The standard InChI is InChI=1S/C20H19N3O6S.C19H17N3O6S/c1-28-19(26)16-15-17(25)14(11-13(24)18(15)29-23-16)30-10-6-5-9-21-20(27)22-12-7-3-2-4-8-12;1-27-18(25)15-14-16(24)13(10-12(23)17(14)28-22-15)29-9-5-8-20-19(26)21-11-6-3-2-4-7-11/h2-4,7-8,11H,5-6,9-10H2,1H3,(H2,21,22,27);2-4,6-7,10H,5,8-9H2,1H3,(H2,20,21,26). The lowest BCUT2D eigenvalue weighted by molar-refractivity contribution is 0.0578. The van der Waals surface area contributed by atoms with Crippen LogP contribution in [0.3, 0.4) is 0 Å². The molecule has 20 heteroatoms. The van der Waals surface area contributed by atoms with Gasteiger partial charge in [-0.15, -0.1) is 23.5 Å². The minimum Gasteiger partial charge on any atom is -0.464 e. The summed E-state index contributed by atoms with van der Waals surface area (Å²) in [6.45, 7) is 0.848. The molecule has 18 nitrogen and oxygen atoms in total. The number of unbranched alkanes of at least 4 members (excludes halogenated alkanes) is 1. The monoisotopic (exact) mass is 844 g/mol. The summed E-state index contributed by atoms with van der Waals surface area (Å²) >= 11 is 2.36. The highest BCUT2D eigenvalue weighted by Crippen LogP contribution is 2.32. The summed E-state index contributed by atoms with van der Waals surface area (Å²) in [6.07, 6.45) is 4.31. The second kappa shape index (κ2) is 21.1. The third-order valence-electron chi connectivity index (χ3n) is 8.06. The summed E-state index contributed by atoms with van der Waals surface area (Å²) in [6, 6.07) is 17.5. The van der Waals surface area contributed by atoms with Crippen molar-refractivity contribution in [3.05, 3.63) is 117 Å². The Hall–Kier alpha value is -6.80. The number of fused-ring (bicyclic) bond motifs is 2. The molecule has 4 amide bonds. The number of nitrogens with one attached hydrogen (secondary N) is 4. The number of carbonyl (C=O) groups is 8. The zero-order valence-electron chi connectivity index (χ0n) is 31.5. The fraction of sp³-hybridized carbons (Fsp3) is 0.231. The highest BCUT2D eigenvalue weighted by molar-refractivity contribution is 8.04. The van der Waals surface area contributed by atoms with Crippen LogP contribution >= 0.6 is 23.5 Å². The molecule has 0 radical (unpaired) electrons. The molecule has 2 aromatic heterocycles. The van der Waals surface area contributed by atoms with Crippen molar-refractivity contribution < 1.29 is 56.9 Å². The number of ketones is 4. The molecular weight excluding hydrogens is 809 g/mol. The van der Waals surface area contributed by atoms with E-state index in [9.17, 15) is 38.4 Å². The topological polar surface area (TPSA) is 255 Å². The molecule has 0 spiro atoms. The summed E-state index contributed by atoms with van der Waals surface area (Å²) in [4.78, 5) is 97.0. The van der Waals surface area contributed by atoms with Crippen LogP contribution < -0.4 is 21.3 Å². The summed E-state index contributed by atoms with van der Waals surface area (Å²) < 4.78 is 18.8. The number of nitrogens with zero attached hydrogens (tertiary/aromatic N) is 2. The maximum Gasteiger partial charge on any atom is 0.361 e. The molecule has 0 saturated heterocycles. The third kappa shape index (κ3) is 11.4. The molecule has 306 valence electrons. The van der Waals surface area contributed by atoms with Gasteiger partial charge in [0.15, 0.2) is 0 Å². The van der Waals surface area contributed by atoms with Crippen LogP contribution in [0.5, 0.6) is 0 Å². The maximum atomic E-state index is 12.6. The van der Waals surface area contributed by atoms with E-state index >= 15 is 0 Å². The number of methoxy groups -OCH3 is 2. The number of Topliss-reactive ketones (excluding diaryl/α,β-unsaturated/α-hetero) is 2. The van der Waals surface area contributed by atoms with E-state index in [0.717, 1.165) is 32.1 Å². The lowest BCUT2D eigenvalue weighted by Gasteiger charge is -2.11. The van der Waals surface area contributed by atoms with E-state index in [-0.39, 0.29) is 55.9 Å². The van der Waals surface area contributed by atoms with Crippen LogP contribution in [0.2, 0.25) is 0 Å². The van der Waals surface area contributed by atoms with Gasteiger partial charge in [0.05, 0.1) is 24.0 Å². The minimum absolute atomic E-state index is 0.156. The zero-order chi connectivity index (χ0) is 42.3. The molecule has 2 heterocycles. The summed E-state index contributed by atoms with van der Waals surface area (Å²) in [7, 11) is 2.29. The van der Waals surface area contributed by atoms with E-state index < -0.39 is 35.1 Å². The number of hydrogen-bond acceptors (Lipinski definition) is 16. The van der Waals surface area contributed by atoms with E-state index in [4.69, 9.17) is 9.05 Å². The number of aromatic nitrogens is 2. The normalized spacial score (nSPS) is 12.8. The molecule has 0 fully saturated rings. The Morgan fingerprint density at radius 2 is 1.00 bits per heavy atom. The molecule has 0 aliphatic heterocycles. The molecule has 6 rings (SSSR count). The lowest BCUT2D eigenvalue weighted by atomic mass is 10.00. The molecule has 2 aliphatic carbocycles. The first-order chi connectivity index (χ1) is 28.5. The molecule has 59 heavy (non-hydrogen) atoms. The number of benzene rings is 2. The molecule has 4 aromatic rings. The number of amides is 4. The molecular formula is C39H36N6O12S2. The van der Waals surface area contributed by atoms with E-state index in [1.807, 2.05) is 36.4 Å². The lowest BCUT2D eigenvalue weighted by Crippen LogP contribution is -2.29. The first-order valence-corrected chi connectivity index (χ1v) is 19.7. The molecule has 0 unspecified atom stereocenters. The molecule has 0 bridgehead atoms. The number of para-hydroxylation sites is 2. The van der Waals surface area contributed by atoms with Crippen molar-refractivity contribution in [2.24, 2.45) is 0 Å². The number of rotatable bonds is 15. The number of ether oxygens (including phenoxy) is 2. The van der Waals surface area contributed by atoms with Gasteiger partial charge < -0.3 is 39.8 Å². The van der Waals surface area contributed by atoms with E-state index in [1.54, 1.807) is 24.3 Å². The van der Waals surface area contributed by atoms with Crippen molar-refractivity contribution in [1.29, 1.82) is 0 Å². The number of allylic oxidation sites excluding steroid dienone is 4. The van der Waals surface area contributed by atoms with Crippen LogP contribution in [-0.4, -0.2) is 96.3 Å². The Bertz CT molecular complexity index is 2300. The second-order valence-corrected chi connectivity index (χ2v) is 14.4. The smallest absolute Gasteiger partial charge is 0.361 e. The largest absolute Gasteiger partial charge is 0.464 e. The van der Waals surface area contributed by atoms with Gasteiger partial charge in [-0.1, -0.05) is 46.7 Å². The van der Waals surface area contributed by atoms with Gasteiger partial charge in [-0.05, 0) is 55.0 Å². The molecule has 2 aliphatic rings. The summed E-state index contributed by atoms with van der Waals surface area (Å²) in [5.74, 6) is -3.23. The number of anilines is 2. The summed E-state index contributed by atoms with van der Waals surface area (Å²) in [5, 5.41) is 17.9. The van der Waals surface area contributed by atoms with Gasteiger partial charge in [-0.25, -0.2) is 19.2 Å². The van der Waals surface area contributed by atoms with Crippen molar-refractivity contribution in [1.82, 2.24) is 20.9 Å². The van der Waals surface area contributed by atoms with E-state index in [2.05, 4.69) is 41.1 Å². The van der Waals surface area contributed by atoms with Crippen molar-refractivity contribution in [3.63, 3.8) is 0 Å². The average molecular weight is 845 g/mol. The van der Waals surface area contributed by atoms with Gasteiger partial charge in [0.1, 0.15) is 11.1 Å². The molecule has 0 saturated carbocycles. The fourth-order valence-electron chi connectivity index (χ4n) is 5.23. The van der Waals surface area contributed by atoms with E-state index in [1.165, 1.54) is 17.8 Å². The first kappa shape index (κ1) is 43.3. The quantitative estimate of drug-likeness (QED) is 0.0823. The van der Waals surface area contributed by atoms with Crippen LogP contribution in [0, 0.1) is 0 Å². The number of thioether (sulfide) groups is 2. The Balaban J connectivity index is 0.000000224. The molecule has 0 atom stereocenters. The maximum absolute atomic E-state index is 12.6. The first-order valence-electron chi connectivity index (χ1n) is 17.7. The number of esters is 2. The number of urea groups is 2.